The Kier molecular flexibility index (Phi) is 4.92. The number of H-pyrrole nitrogens is 1. The maximum Gasteiger partial charge on any atom is 0.305 e. The molecule has 3 aromatic heterocycles. The van der Waals surface area contributed by atoms with Gasteiger partial charge in [0, 0.05) is 22.2 Å². The van der Waals surface area contributed by atoms with Crippen molar-refractivity contribution in [3.63, 3.8) is 0 Å². The third-order valence-electron chi connectivity index (χ3n) is 5.94. The van der Waals surface area contributed by atoms with Crippen LogP contribution in [-0.2, 0) is 17.6 Å². The summed E-state index contributed by atoms with van der Waals surface area (Å²) in [6.07, 6.45) is 3.87. The molecule has 0 spiro atoms. The van der Waals surface area contributed by atoms with Gasteiger partial charge in [-0.15, -0.1) is 11.3 Å². The minimum atomic E-state index is -0.0654. The second-order valence-electron chi connectivity index (χ2n) is 8.05. The number of hydrogen-bond acceptors (Lipinski definition) is 7. The zero-order chi connectivity index (χ0) is 22.4. The van der Waals surface area contributed by atoms with Gasteiger partial charge in [0.1, 0.15) is 17.0 Å². The lowest BCUT2D eigenvalue weighted by molar-refractivity contribution is -0.120. The largest absolute Gasteiger partial charge is 0.340 e. The molecule has 0 bridgehead atoms. The minimum absolute atomic E-state index is 0.0612. The van der Waals surface area contributed by atoms with Crippen molar-refractivity contribution in [1.29, 1.82) is 0 Å². The van der Waals surface area contributed by atoms with Gasteiger partial charge in [-0.25, -0.2) is 9.97 Å². The lowest BCUT2D eigenvalue weighted by Crippen LogP contribution is -2.27. The number of aromatic nitrogens is 3. The van der Waals surface area contributed by atoms with Crippen LogP contribution in [0.15, 0.2) is 59.7 Å². The van der Waals surface area contributed by atoms with Gasteiger partial charge in [0.05, 0.1) is 15.6 Å². The maximum absolute atomic E-state index is 12.8. The Morgan fingerprint density at radius 1 is 1.06 bits per heavy atom. The van der Waals surface area contributed by atoms with Crippen LogP contribution in [0.3, 0.4) is 0 Å². The van der Waals surface area contributed by atoms with Gasteiger partial charge in [-0.05, 0) is 55.2 Å². The van der Waals surface area contributed by atoms with Crippen LogP contribution in [0.5, 0.6) is 0 Å². The normalized spacial score (nSPS) is 15.5. The summed E-state index contributed by atoms with van der Waals surface area (Å²) in [5.41, 5.74) is 3.75. The molecule has 0 fully saturated rings. The molecule has 0 saturated heterocycles. The second-order valence-corrected chi connectivity index (χ2v) is 10.2. The Labute approximate surface area is 196 Å². The van der Waals surface area contributed by atoms with Crippen molar-refractivity contribution >= 4 is 66.2 Å². The molecule has 1 atom stereocenters. The summed E-state index contributed by atoms with van der Waals surface area (Å²) in [6.45, 7) is 0. The van der Waals surface area contributed by atoms with Crippen molar-refractivity contribution in [2.75, 3.05) is 10.6 Å². The Hall–Kier alpha value is -3.56. The zero-order valence-electron chi connectivity index (χ0n) is 17.4. The molecule has 2 aromatic carbocycles. The van der Waals surface area contributed by atoms with E-state index in [0.717, 1.165) is 50.5 Å². The number of rotatable bonds is 4. The third-order valence-corrected chi connectivity index (χ3v) is 7.95. The molecule has 3 heterocycles. The van der Waals surface area contributed by atoms with Crippen LogP contribution in [0.2, 0.25) is 0 Å². The molecule has 6 rings (SSSR count). The molecule has 7 nitrogen and oxygen atoms in total. The van der Waals surface area contributed by atoms with Crippen molar-refractivity contribution in [1.82, 2.24) is 15.0 Å². The lowest BCUT2D eigenvalue weighted by Gasteiger charge is -2.22. The number of aryl methyl sites for hydroxylation is 1. The molecule has 1 aliphatic carbocycles. The number of carbonyl (C=O) groups is 1. The van der Waals surface area contributed by atoms with Crippen LogP contribution in [0.1, 0.15) is 16.9 Å². The Balaban J connectivity index is 1.28. The third kappa shape index (κ3) is 3.79. The fourth-order valence-electron chi connectivity index (χ4n) is 4.35. The first kappa shape index (κ1) is 20.1. The highest BCUT2D eigenvalue weighted by Crippen LogP contribution is 2.40. The fourth-order valence-corrected chi connectivity index (χ4v) is 6.40. The molecule has 1 aliphatic rings. The van der Waals surface area contributed by atoms with Gasteiger partial charge >= 0.3 is 4.87 Å². The molecule has 164 valence electrons. The van der Waals surface area contributed by atoms with E-state index in [2.05, 4.69) is 25.6 Å². The second kappa shape index (κ2) is 8.09. The van der Waals surface area contributed by atoms with E-state index in [4.69, 9.17) is 0 Å². The number of para-hydroxylation sites is 1. The van der Waals surface area contributed by atoms with Crippen LogP contribution < -0.4 is 15.5 Å². The van der Waals surface area contributed by atoms with Crippen molar-refractivity contribution < 1.29 is 4.79 Å². The van der Waals surface area contributed by atoms with E-state index >= 15 is 0 Å². The van der Waals surface area contributed by atoms with Crippen molar-refractivity contribution in [3.05, 3.63) is 75.0 Å². The smallest absolute Gasteiger partial charge is 0.305 e. The standard InChI is InChI=1S/C24H19N5O2S2/c30-22(28-14-4-2-1-3-5-14)13-6-8-16-18(10-13)32-23-20(16)21(25-12-26-23)27-15-7-9-17-19(11-15)33-24(31)29-17/h1-5,7,9,11-13H,6,8,10H2,(H,28,30)(H,29,31)(H,25,26,27)/t13-/m1/s1. The average molecular weight is 474 g/mol. The highest BCUT2D eigenvalue weighted by atomic mass is 32.1. The van der Waals surface area contributed by atoms with Crippen molar-refractivity contribution in [2.24, 2.45) is 5.92 Å². The fraction of sp³-hybridized carbons (Fsp3) is 0.167. The number of nitrogens with one attached hydrogen (secondary N) is 3. The Bertz CT molecular complexity index is 1550. The van der Waals surface area contributed by atoms with Gasteiger partial charge in [-0.1, -0.05) is 29.5 Å². The molecule has 9 heteroatoms. The number of aromatic amines is 1. The van der Waals surface area contributed by atoms with E-state index in [1.54, 1.807) is 17.7 Å². The summed E-state index contributed by atoms with van der Waals surface area (Å²) in [6, 6.07) is 15.4. The summed E-state index contributed by atoms with van der Waals surface area (Å²) >= 11 is 2.83. The van der Waals surface area contributed by atoms with E-state index in [1.165, 1.54) is 21.8 Å². The number of hydrogen-bond donors (Lipinski definition) is 3. The van der Waals surface area contributed by atoms with E-state index in [-0.39, 0.29) is 16.7 Å². The van der Waals surface area contributed by atoms with Crippen LogP contribution in [0.25, 0.3) is 20.4 Å². The number of amides is 1. The molecule has 0 unspecified atom stereocenters. The average Bonchev–Trinajstić information content (AvgIpc) is 3.38. The summed E-state index contributed by atoms with van der Waals surface area (Å²) in [7, 11) is 0. The molecule has 0 radical (unpaired) electrons. The molecule has 0 saturated carbocycles. The molecular weight excluding hydrogens is 454 g/mol. The maximum atomic E-state index is 12.8. The van der Waals surface area contributed by atoms with Crippen LogP contribution in [0.4, 0.5) is 17.2 Å². The van der Waals surface area contributed by atoms with E-state index in [1.807, 2.05) is 48.5 Å². The van der Waals surface area contributed by atoms with Gasteiger partial charge < -0.3 is 15.6 Å². The van der Waals surface area contributed by atoms with E-state index in [9.17, 15) is 9.59 Å². The number of nitrogens with zero attached hydrogens (tertiary/aromatic N) is 2. The summed E-state index contributed by atoms with van der Waals surface area (Å²) in [5, 5.41) is 7.49. The Morgan fingerprint density at radius 2 is 1.94 bits per heavy atom. The van der Waals surface area contributed by atoms with Gasteiger partial charge in [-0.2, -0.15) is 0 Å². The summed E-state index contributed by atoms with van der Waals surface area (Å²) in [4.78, 5) is 38.4. The first-order chi connectivity index (χ1) is 16.1. The van der Waals surface area contributed by atoms with Crippen molar-refractivity contribution in [3.8, 4) is 0 Å². The van der Waals surface area contributed by atoms with Crippen LogP contribution in [0, 0.1) is 5.92 Å². The molecule has 1 amide bonds. The van der Waals surface area contributed by atoms with E-state index < -0.39 is 0 Å². The van der Waals surface area contributed by atoms with Gasteiger partial charge in [0.25, 0.3) is 0 Å². The monoisotopic (exact) mass is 473 g/mol. The molecule has 5 aromatic rings. The predicted octanol–water partition coefficient (Wildman–Crippen LogP) is 5.08. The van der Waals surface area contributed by atoms with E-state index in [0.29, 0.717) is 6.42 Å². The number of benzene rings is 2. The van der Waals surface area contributed by atoms with Crippen molar-refractivity contribution in [2.45, 2.75) is 19.3 Å². The molecular formula is C24H19N5O2S2. The number of thiophene rings is 1. The quantitative estimate of drug-likeness (QED) is 0.338. The number of fused-ring (bicyclic) bond motifs is 4. The van der Waals surface area contributed by atoms with Gasteiger partial charge in [0.2, 0.25) is 5.91 Å². The van der Waals surface area contributed by atoms with Crippen LogP contribution in [-0.4, -0.2) is 20.9 Å². The van der Waals surface area contributed by atoms with Gasteiger partial charge in [0.15, 0.2) is 0 Å². The molecule has 33 heavy (non-hydrogen) atoms. The SMILES string of the molecule is O=C(Nc1ccccc1)[C@@H]1CCc2c(sc3ncnc(Nc4ccc5[nH]c(=O)sc5c4)c23)C1. The zero-order valence-corrected chi connectivity index (χ0v) is 19.1. The summed E-state index contributed by atoms with van der Waals surface area (Å²) in [5.74, 6) is 0.758. The summed E-state index contributed by atoms with van der Waals surface area (Å²) < 4.78 is 0.898. The molecule has 0 aliphatic heterocycles. The predicted molar refractivity (Wildman–Crippen MR) is 134 cm³/mol. The van der Waals surface area contributed by atoms with Crippen LogP contribution >= 0.6 is 22.7 Å². The van der Waals surface area contributed by atoms with Gasteiger partial charge in [-0.3, -0.25) is 9.59 Å². The first-order valence-corrected chi connectivity index (χ1v) is 12.3. The highest BCUT2D eigenvalue weighted by molar-refractivity contribution is 7.19. The number of thiazole rings is 1. The Morgan fingerprint density at radius 3 is 2.82 bits per heavy atom. The highest BCUT2D eigenvalue weighted by Gasteiger charge is 2.29. The topological polar surface area (TPSA) is 99.8 Å². The first-order valence-electron chi connectivity index (χ1n) is 10.6. The minimum Gasteiger partial charge on any atom is -0.340 e. The molecule has 3 N–H and O–H groups in total. The lowest BCUT2D eigenvalue weighted by atomic mass is 9.87. The number of carbonyl (C=O) groups excluding carboxylic acids is 1. The number of anilines is 3.